The highest BCUT2D eigenvalue weighted by Gasteiger charge is 2.30. The van der Waals surface area contributed by atoms with Gasteiger partial charge in [0.25, 0.3) is 0 Å². The Morgan fingerprint density at radius 1 is 1.28 bits per heavy atom. The van der Waals surface area contributed by atoms with Crippen molar-refractivity contribution in [3.05, 3.63) is 11.9 Å². The predicted octanol–water partition coefficient (Wildman–Crippen LogP) is 4.21. The van der Waals surface area contributed by atoms with Crippen LogP contribution in [0.3, 0.4) is 0 Å². The molecule has 0 N–H and O–H groups in total. The Labute approximate surface area is 110 Å². The first-order valence-electron chi connectivity index (χ1n) is 7.37. The quantitative estimate of drug-likeness (QED) is 0.686. The SMILES string of the molecule is CCCCC[C@H]1CO[C@H](C2CC=C(F)CC2)OC1. The van der Waals surface area contributed by atoms with Crippen LogP contribution >= 0.6 is 0 Å². The van der Waals surface area contributed by atoms with Crippen LogP contribution in [-0.2, 0) is 9.47 Å². The topological polar surface area (TPSA) is 18.5 Å². The van der Waals surface area contributed by atoms with E-state index in [1.54, 1.807) is 6.08 Å². The van der Waals surface area contributed by atoms with E-state index in [9.17, 15) is 4.39 Å². The number of halogens is 1. The summed E-state index contributed by atoms with van der Waals surface area (Å²) < 4.78 is 24.6. The number of hydrogen-bond acceptors (Lipinski definition) is 2. The van der Waals surface area contributed by atoms with E-state index in [0.29, 0.717) is 18.3 Å². The van der Waals surface area contributed by atoms with E-state index in [0.717, 1.165) is 26.1 Å². The molecule has 1 fully saturated rings. The maximum absolute atomic E-state index is 12.9. The molecule has 0 spiro atoms. The molecule has 0 radical (unpaired) electrons. The van der Waals surface area contributed by atoms with Crippen molar-refractivity contribution in [2.24, 2.45) is 11.8 Å². The standard InChI is InChI=1S/C15H25FO2/c1-2-3-4-5-12-10-17-15(18-11-12)13-6-8-14(16)9-7-13/h8,12-13,15H,2-7,9-11H2,1H3/t12-,13?,15-. The summed E-state index contributed by atoms with van der Waals surface area (Å²) in [7, 11) is 0. The van der Waals surface area contributed by atoms with Crippen molar-refractivity contribution in [3.63, 3.8) is 0 Å². The summed E-state index contributed by atoms with van der Waals surface area (Å²) in [5, 5.41) is 0. The molecule has 0 aromatic rings. The normalized spacial score (nSPS) is 33.2. The van der Waals surface area contributed by atoms with E-state index in [2.05, 4.69) is 6.92 Å². The van der Waals surface area contributed by atoms with Crippen molar-refractivity contribution in [2.45, 2.75) is 58.2 Å². The molecule has 0 aromatic heterocycles. The molecule has 0 aromatic carbocycles. The first-order valence-corrected chi connectivity index (χ1v) is 7.37. The van der Waals surface area contributed by atoms with E-state index < -0.39 is 0 Å². The molecule has 1 aliphatic heterocycles. The van der Waals surface area contributed by atoms with Gasteiger partial charge in [-0.2, -0.15) is 0 Å². The van der Waals surface area contributed by atoms with Gasteiger partial charge >= 0.3 is 0 Å². The summed E-state index contributed by atoms with van der Waals surface area (Å²) in [5.74, 6) is 0.935. The largest absolute Gasteiger partial charge is 0.352 e. The Bertz CT molecular complexity index is 270. The number of hydrogen-bond donors (Lipinski definition) is 0. The summed E-state index contributed by atoms with van der Waals surface area (Å²) in [4.78, 5) is 0. The summed E-state index contributed by atoms with van der Waals surface area (Å²) in [6.07, 6.45) is 8.79. The Kier molecular flexibility index (Phi) is 5.64. The van der Waals surface area contributed by atoms with E-state index in [-0.39, 0.29) is 12.1 Å². The average molecular weight is 256 g/mol. The van der Waals surface area contributed by atoms with Crippen molar-refractivity contribution in [1.29, 1.82) is 0 Å². The number of allylic oxidation sites excluding steroid dienone is 2. The van der Waals surface area contributed by atoms with Crippen molar-refractivity contribution in [1.82, 2.24) is 0 Å². The van der Waals surface area contributed by atoms with Gasteiger partial charge in [-0.25, -0.2) is 4.39 Å². The number of unbranched alkanes of at least 4 members (excludes halogenated alkanes) is 2. The van der Waals surface area contributed by atoms with Gasteiger partial charge in [0.1, 0.15) is 0 Å². The van der Waals surface area contributed by atoms with Crippen LogP contribution in [0.25, 0.3) is 0 Å². The van der Waals surface area contributed by atoms with Gasteiger partial charge in [0, 0.05) is 11.8 Å². The first-order chi connectivity index (χ1) is 8.79. The molecular formula is C15H25FO2. The van der Waals surface area contributed by atoms with Crippen LogP contribution < -0.4 is 0 Å². The highest BCUT2D eigenvalue weighted by atomic mass is 19.1. The summed E-state index contributed by atoms with van der Waals surface area (Å²) in [6.45, 7) is 3.85. The van der Waals surface area contributed by atoms with E-state index >= 15 is 0 Å². The zero-order valence-corrected chi connectivity index (χ0v) is 11.4. The van der Waals surface area contributed by atoms with Gasteiger partial charge in [0.05, 0.1) is 19.0 Å². The minimum Gasteiger partial charge on any atom is -0.352 e. The molecule has 1 aliphatic carbocycles. The zero-order chi connectivity index (χ0) is 12.8. The molecule has 1 heterocycles. The number of ether oxygens (including phenoxy) is 2. The third-order valence-electron chi connectivity index (χ3n) is 3.99. The van der Waals surface area contributed by atoms with Crippen LogP contribution in [0.15, 0.2) is 11.9 Å². The van der Waals surface area contributed by atoms with Gasteiger partial charge < -0.3 is 9.47 Å². The van der Waals surface area contributed by atoms with Crippen LogP contribution in [0.4, 0.5) is 4.39 Å². The van der Waals surface area contributed by atoms with Crippen LogP contribution in [0.1, 0.15) is 51.9 Å². The van der Waals surface area contributed by atoms with Crippen molar-refractivity contribution in [3.8, 4) is 0 Å². The predicted molar refractivity (Wildman–Crippen MR) is 69.9 cm³/mol. The molecule has 0 saturated carbocycles. The van der Waals surface area contributed by atoms with Gasteiger partial charge in [-0.1, -0.05) is 32.3 Å². The third-order valence-corrected chi connectivity index (χ3v) is 3.99. The van der Waals surface area contributed by atoms with Gasteiger partial charge in [0.2, 0.25) is 0 Å². The fourth-order valence-corrected chi connectivity index (χ4v) is 2.75. The maximum Gasteiger partial charge on any atom is 0.160 e. The minimum atomic E-state index is -0.100. The molecule has 1 saturated heterocycles. The lowest BCUT2D eigenvalue weighted by Crippen LogP contribution is -2.37. The monoisotopic (exact) mass is 256 g/mol. The summed E-state index contributed by atoms with van der Waals surface area (Å²) in [6, 6.07) is 0. The Morgan fingerprint density at radius 3 is 2.67 bits per heavy atom. The summed E-state index contributed by atoms with van der Waals surface area (Å²) in [5.41, 5.74) is 0. The molecule has 2 nitrogen and oxygen atoms in total. The zero-order valence-electron chi connectivity index (χ0n) is 11.4. The Morgan fingerprint density at radius 2 is 2.06 bits per heavy atom. The summed E-state index contributed by atoms with van der Waals surface area (Å²) >= 11 is 0. The highest BCUT2D eigenvalue weighted by molar-refractivity contribution is 4.98. The molecule has 104 valence electrons. The second-order valence-electron chi connectivity index (χ2n) is 5.58. The first kappa shape index (κ1) is 14.0. The van der Waals surface area contributed by atoms with Gasteiger partial charge in [0.15, 0.2) is 6.29 Å². The van der Waals surface area contributed by atoms with Crippen LogP contribution in [0.2, 0.25) is 0 Å². The second-order valence-corrected chi connectivity index (χ2v) is 5.58. The Balaban J connectivity index is 1.67. The average Bonchev–Trinajstić information content (AvgIpc) is 2.41. The molecule has 3 heteroatoms. The lowest BCUT2D eigenvalue weighted by Gasteiger charge is -2.35. The van der Waals surface area contributed by atoms with Gasteiger partial charge in [-0.15, -0.1) is 0 Å². The fraction of sp³-hybridized carbons (Fsp3) is 0.867. The maximum atomic E-state index is 12.9. The smallest absolute Gasteiger partial charge is 0.160 e. The van der Waals surface area contributed by atoms with E-state index in [1.807, 2.05) is 0 Å². The van der Waals surface area contributed by atoms with Crippen LogP contribution in [0.5, 0.6) is 0 Å². The Hall–Kier alpha value is -0.410. The molecule has 1 atom stereocenters. The molecule has 18 heavy (non-hydrogen) atoms. The number of rotatable bonds is 5. The fourth-order valence-electron chi connectivity index (χ4n) is 2.75. The van der Waals surface area contributed by atoms with Crippen LogP contribution in [0, 0.1) is 11.8 Å². The minimum absolute atomic E-state index is 0.0273. The highest BCUT2D eigenvalue weighted by Crippen LogP contribution is 2.31. The second kappa shape index (κ2) is 7.25. The molecule has 0 bridgehead atoms. The van der Waals surface area contributed by atoms with Gasteiger partial charge in [-0.05, 0) is 25.7 Å². The molecule has 2 rings (SSSR count). The molecular weight excluding hydrogens is 231 g/mol. The van der Waals surface area contributed by atoms with Crippen LogP contribution in [-0.4, -0.2) is 19.5 Å². The van der Waals surface area contributed by atoms with Crippen molar-refractivity contribution >= 4 is 0 Å². The van der Waals surface area contributed by atoms with E-state index in [1.165, 1.54) is 25.7 Å². The molecule has 2 aliphatic rings. The third kappa shape index (κ3) is 4.06. The lowest BCUT2D eigenvalue weighted by molar-refractivity contribution is -0.226. The molecule has 1 unspecified atom stereocenters. The van der Waals surface area contributed by atoms with Gasteiger partial charge in [-0.3, -0.25) is 0 Å². The van der Waals surface area contributed by atoms with E-state index in [4.69, 9.17) is 9.47 Å². The lowest BCUT2D eigenvalue weighted by atomic mass is 9.92. The van der Waals surface area contributed by atoms with Crippen molar-refractivity contribution < 1.29 is 13.9 Å². The molecule has 0 amide bonds. The van der Waals surface area contributed by atoms with Crippen molar-refractivity contribution in [2.75, 3.05) is 13.2 Å².